The Balaban J connectivity index is 1.94. The maximum atomic E-state index is 12.9. The Bertz CT molecular complexity index is 727. The van der Waals surface area contributed by atoms with E-state index in [9.17, 15) is 9.59 Å². The third-order valence-electron chi connectivity index (χ3n) is 4.44. The predicted octanol–water partition coefficient (Wildman–Crippen LogP) is 2.39. The van der Waals surface area contributed by atoms with Crippen molar-refractivity contribution in [3.63, 3.8) is 0 Å². The molecule has 6 heteroatoms. The van der Waals surface area contributed by atoms with E-state index in [-0.39, 0.29) is 24.1 Å². The number of ether oxygens (including phenoxy) is 2. The Morgan fingerprint density at radius 2 is 2.17 bits per heavy atom. The molecule has 3 rings (SSSR count). The van der Waals surface area contributed by atoms with Crippen LogP contribution in [0.2, 0.25) is 0 Å². The Morgan fingerprint density at radius 1 is 1.38 bits per heavy atom. The number of carbonyl (C=O) groups excluding carboxylic acids is 2. The number of benzene rings is 1. The van der Waals surface area contributed by atoms with Crippen molar-refractivity contribution in [2.24, 2.45) is 0 Å². The molecule has 0 bridgehead atoms. The lowest BCUT2D eigenvalue weighted by molar-refractivity contribution is -0.139. The molecule has 2 unspecified atom stereocenters. The van der Waals surface area contributed by atoms with Crippen LogP contribution in [0.3, 0.4) is 0 Å². The first-order valence-corrected chi connectivity index (χ1v) is 8.47. The van der Waals surface area contributed by atoms with Gasteiger partial charge in [-0.05, 0) is 41.3 Å². The summed E-state index contributed by atoms with van der Waals surface area (Å²) in [7, 11) is 2.88. The van der Waals surface area contributed by atoms with Gasteiger partial charge in [0.05, 0.1) is 13.5 Å². The van der Waals surface area contributed by atoms with Crippen molar-refractivity contribution < 1.29 is 19.1 Å². The molecule has 0 amide bonds. The van der Waals surface area contributed by atoms with E-state index in [0.29, 0.717) is 12.1 Å². The smallest absolute Gasteiger partial charge is 0.309 e. The predicted molar refractivity (Wildman–Crippen MR) is 91.6 cm³/mol. The van der Waals surface area contributed by atoms with Crippen LogP contribution in [-0.2, 0) is 19.1 Å². The average molecular weight is 345 g/mol. The molecular formula is C18H19NO4S. The van der Waals surface area contributed by atoms with Crippen LogP contribution < -0.4 is 4.72 Å². The number of fused-ring (bicyclic) bond motifs is 1. The summed E-state index contributed by atoms with van der Waals surface area (Å²) in [5, 5.41) is 0. The minimum absolute atomic E-state index is 0.0773. The van der Waals surface area contributed by atoms with Crippen LogP contribution in [0.4, 0.5) is 0 Å². The fraction of sp³-hybridized carbons (Fsp3) is 0.333. The highest BCUT2D eigenvalue weighted by atomic mass is 32.2. The van der Waals surface area contributed by atoms with Gasteiger partial charge in [-0.25, -0.2) is 0 Å². The van der Waals surface area contributed by atoms with Gasteiger partial charge in [-0.2, -0.15) is 0 Å². The average Bonchev–Trinajstić information content (AvgIpc) is 2.62. The van der Waals surface area contributed by atoms with E-state index in [4.69, 9.17) is 4.74 Å². The number of ketones is 1. The molecule has 1 aromatic rings. The first-order chi connectivity index (χ1) is 11.6. The number of allylic oxidation sites excluding steroid dienone is 1. The van der Waals surface area contributed by atoms with Crippen molar-refractivity contribution in [2.45, 2.75) is 22.8 Å². The van der Waals surface area contributed by atoms with Crippen molar-refractivity contribution in [3.8, 4) is 0 Å². The van der Waals surface area contributed by atoms with E-state index in [0.717, 1.165) is 10.5 Å². The number of hydrogen-bond acceptors (Lipinski definition) is 6. The van der Waals surface area contributed by atoms with Gasteiger partial charge in [0.1, 0.15) is 0 Å². The largest absolute Gasteiger partial charge is 0.469 e. The molecule has 1 aliphatic carbocycles. The molecule has 0 radical (unpaired) electrons. The molecule has 0 aromatic heterocycles. The molecule has 2 atom stereocenters. The number of rotatable bonds is 4. The summed E-state index contributed by atoms with van der Waals surface area (Å²) in [6.45, 7) is 0.617. The molecule has 1 aliphatic heterocycles. The quantitative estimate of drug-likeness (QED) is 0.668. The van der Waals surface area contributed by atoms with Crippen molar-refractivity contribution in [1.29, 1.82) is 0 Å². The molecular weight excluding hydrogens is 326 g/mol. The van der Waals surface area contributed by atoms with E-state index in [1.807, 2.05) is 24.3 Å². The minimum Gasteiger partial charge on any atom is -0.469 e. The third-order valence-corrected chi connectivity index (χ3v) is 5.34. The zero-order valence-corrected chi connectivity index (χ0v) is 14.4. The fourth-order valence-corrected chi connectivity index (χ4v) is 4.03. The molecule has 0 saturated carbocycles. The van der Waals surface area contributed by atoms with Gasteiger partial charge in [-0.3, -0.25) is 14.3 Å². The highest BCUT2D eigenvalue weighted by molar-refractivity contribution is 7.97. The molecule has 0 fully saturated rings. The van der Waals surface area contributed by atoms with Crippen molar-refractivity contribution >= 4 is 23.7 Å². The van der Waals surface area contributed by atoms with Crippen LogP contribution in [0.25, 0.3) is 0 Å². The summed E-state index contributed by atoms with van der Waals surface area (Å²) >= 11 is 1.56. The van der Waals surface area contributed by atoms with Gasteiger partial charge in [0.2, 0.25) is 0 Å². The molecule has 0 saturated heterocycles. The van der Waals surface area contributed by atoms with Crippen LogP contribution in [0.5, 0.6) is 0 Å². The number of esters is 1. The lowest BCUT2D eigenvalue weighted by Crippen LogP contribution is -2.49. The zero-order valence-electron chi connectivity index (χ0n) is 13.6. The van der Waals surface area contributed by atoms with Crippen LogP contribution in [0.15, 0.2) is 53.0 Å². The lowest BCUT2D eigenvalue weighted by atomic mass is 9.75. The van der Waals surface area contributed by atoms with Crippen LogP contribution in [-0.4, -0.2) is 38.1 Å². The van der Waals surface area contributed by atoms with Gasteiger partial charge in [0.15, 0.2) is 11.4 Å². The lowest BCUT2D eigenvalue weighted by Gasteiger charge is -2.39. The zero-order chi connectivity index (χ0) is 17.2. The van der Waals surface area contributed by atoms with E-state index >= 15 is 0 Å². The van der Waals surface area contributed by atoms with Crippen LogP contribution in [0, 0.1) is 0 Å². The third kappa shape index (κ3) is 2.92. The van der Waals surface area contributed by atoms with Crippen LogP contribution in [0.1, 0.15) is 17.9 Å². The SMILES string of the molecule is COC(=O)CC1=CC(=O)C(OC)(C2CNSc3ccccc32)C=C1. The molecule has 0 spiro atoms. The second-order valence-electron chi connectivity index (χ2n) is 5.71. The summed E-state index contributed by atoms with van der Waals surface area (Å²) in [5.74, 6) is -0.663. The monoisotopic (exact) mass is 345 g/mol. The van der Waals surface area contributed by atoms with E-state index in [1.165, 1.54) is 13.2 Å². The van der Waals surface area contributed by atoms with Crippen LogP contribution >= 0.6 is 11.9 Å². The summed E-state index contributed by atoms with van der Waals surface area (Å²) in [6.07, 6.45) is 5.12. The summed E-state index contributed by atoms with van der Waals surface area (Å²) in [5.41, 5.74) is 0.654. The highest BCUT2D eigenvalue weighted by Crippen LogP contribution is 2.42. The maximum Gasteiger partial charge on any atom is 0.309 e. The Morgan fingerprint density at radius 3 is 2.88 bits per heavy atom. The first kappa shape index (κ1) is 17.0. The summed E-state index contributed by atoms with van der Waals surface area (Å²) in [4.78, 5) is 25.4. The van der Waals surface area contributed by atoms with E-state index < -0.39 is 5.60 Å². The Labute approximate surface area is 145 Å². The number of hydrogen-bond donors (Lipinski definition) is 1. The van der Waals surface area contributed by atoms with Gasteiger partial charge in [0, 0.05) is 24.5 Å². The summed E-state index contributed by atoms with van der Waals surface area (Å²) in [6, 6.07) is 8.00. The Hall–Kier alpha value is -1.89. The minimum atomic E-state index is -1.07. The number of methoxy groups -OCH3 is 2. The van der Waals surface area contributed by atoms with Gasteiger partial charge in [0.25, 0.3) is 0 Å². The van der Waals surface area contributed by atoms with Crippen molar-refractivity contribution in [2.75, 3.05) is 20.8 Å². The molecule has 24 heavy (non-hydrogen) atoms. The second-order valence-corrected chi connectivity index (χ2v) is 6.64. The molecule has 1 aromatic carbocycles. The fourth-order valence-electron chi connectivity index (χ4n) is 3.15. The molecule has 1 heterocycles. The molecule has 1 N–H and O–H groups in total. The number of carbonyl (C=O) groups is 2. The molecule has 2 aliphatic rings. The standard InChI is InChI=1S/C18H19NO4S/c1-22-17(21)10-12-7-8-18(23-2,16(20)9-12)14-11-19-24-15-6-4-3-5-13(14)15/h3-9,14,19H,10-11H2,1-2H3. The molecule has 5 nitrogen and oxygen atoms in total. The van der Waals surface area contributed by atoms with Crippen molar-refractivity contribution in [1.82, 2.24) is 4.72 Å². The van der Waals surface area contributed by atoms with Gasteiger partial charge in [-0.1, -0.05) is 24.3 Å². The van der Waals surface area contributed by atoms with Gasteiger partial charge < -0.3 is 9.47 Å². The van der Waals surface area contributed by atoms with Crippen molar-refractivity contribution in [3.05, 3.63) is 53.6 Å². The van der Waals surface area contributed by atoms with Gasteiger partial charge >= 0.3 is 5.97 Å². The van der Waals surface area contributed by atoms with E-state index in [1.54, 1.807) is 31.2 Å². The first-order valence-electron chi connectivity index (χ1n) is 7.65. The summed E-state index contributed by atoms with van der Waals surface area (Å²) < 4.78 is 13.7. The van der Waals surface area contributed by atoms with E-state index in [2.05, 4.69) is 9.46 Å². The van der Waals surface area contributed by atoms with Gasteiger partial charge in [-0.15, -0.1) is 0 Å². The number of nitrogens with one attached hydrogen (secondary N) is 1. The topological polar surface area (TPSA) is 64.6 Å². The normalized spacial score (nSPS) is 25.8. The maximum absolute atomic E-state index is 12.9. The Kier molecular flexibility index (Phi) is 4.89. The second kappa shape index (κ2) is 6.93. The molecule has 126 valence electrons. The highest BCUT2D eigenvalue weighted by Gasteiger charge is 2.46.